The van der Waals surface area contributed by atoms with Gasteiger partial charge in [0.1, 0.15) is 0 Å². The highest BCUT2D eigenvalue weighted by molar-refractivity contribution is 5.77. The number of unbranched alkanes of at least 4 members (excludes halogenated alkanes) is 23. The van der Waals surface area contributed by atoms with Crippen molar-refractivity contribution < 1.29 is 19.4 Å². The first-order valence-electron chi connectivity index (χ1n) is 16.0. The Bertz CT molecular complexity index is 477. The molecule has 36 heavy (non-hydrogen) atoms. The summed E-state index contributed by atoms with van der Waals surface area (Å²) in [5, 5.41) is 9.41. The highest BCUT2D eigenvalue weighted by atomic mass is 16.6. The summed E-state index contributed by atoms with van der Waals surface area (Å²) in [4.78, 5) is 23.6. The van der Waals surface area contributed by atoms with Crippen LogP contribution in [-0.2, 0) is 14.3 Å². The van der Waals surface area contributed by atoms with E-state index in [0.717, 1.165) is 38.5 Å². The van der Waals surface area contributed by atoms with E-state index in [4.69, 9.17) is 4.74 Å². The number of aliphatic carboxylic acids is 1. The molecular formula is C32H62O4. The number of carbonyl (C=O) groups is 2. The van der Waals surface area contributed by atoms with Crippen molar-refractivity contribution in [2.24, 2.45) is 0 Å². The molecule has 4 heteroatoms. The van der Waals surface area contributed by atoms with E-state index in [0.29, 0.717) is 12.8 Å². The Hall–Kier alpha value is -1.06. The standard InChI is InChI=1S/C32H62O4/c1-3-5-7-9-11-13-15-17-18-20-22-24-26-28-30(32(34)35)36-31(33)29-27-25-23-21-19-16-14-12-10-8-6-4-2/h30H,3-29H2,1-2H3,(H,34,35). The third kappa shape index (κ3) is 26.0. The predicted octanol–water partition coefficient (Wildman–Crippen LogP) is 10.6. The highest BCUT2D eigenvalue weighted by Gasteiger charge is 2.21. The van der Waals surface area contributed by atoms with Gasteiger partial charge in [0, 0.05) is 6.42 Å². The molecule has 0 aromatic carbocycles. The lowest BCUT2D eigenvalue weighted by Gasteiger charge is -2.13. The summed E-state index contributed by atoms with van der Waals surface area (Å²) >= 11 is 0. The van der Waals surface area contributed by atoms with Crippen LogP contribution in [0, 0.1) is 0 Å². The van der Waals surface area contributed by atoms with E-state index in [2.05, 4.69) is 13.8 Å². The lowest BCUT2D eigenvalue weighted by atomic mass is 10.0. The maximum atomic E-state index is 12.1. The maximum Gasteiger partial charge on any atom is 0.345 e. The Morgan fingerprint density at radius 3 is 1.14 bits per heavy atom. The summed E-state index contributed by atoms with van der Waals surface area (Å²) in [7, 11) is 0. The van der Waals surface area contributed by atoms with E-state index in [1.165, 1.54) is 122 Å². The number of hydrogen-bond acceptors (Lipinski definition) is 3. The summed E-state index contributed by atoms with van der Waals surface area (Å²) in [5.41, 5.74) is 0. The van der Waals surface area contributed by atoms with E-state index >= 15 is 0 Å². The smallest absolute Gasteiger partial charge is 0.345 e. The molecule has 0 rings (SSSR count). The van der Waals surface area contributed by atoms with Crippen molar-refractivity contribution in [2.45, 2.75) is 193 Å². The third-order valence-electron chi connectivity index (χ3n) is 7.35. The molecular weight excluding hydrogens is 448 g/mol. The van der Waals surface area contributed by atoms with Gasteiger partial charge < -0.3 is 9.84 Å². The Kier molecular flexibility index (Phi) is 27.7. The van der Waals surface area contributed by atoms with Crippen LogP contribution in [0.25, 0.3) is 0 Å². The van der Waals surface area contributed by atoms with Gasteiger partial charge in [-0.1, -0.05) is 162 Å². The van der Waals surface area contributed by atoms with E-state index in [9.17, 15) is 14.7 Å². The fourth-order valence-electron chi connectivity index (χ4n) is 4.91. The number of rotatable bonds is 29. The molecule has 0 aromatic heterocycles. The van der Waals surface area contributed by atoms with E-state index in [-0.39, 0.29) is 5.97 Å². The van der Waals surface area contributed by atoms with Gasteiger partial charge in [0.25, 0.3) is 0 Å². The Morgan fingerprint density at radius 1 is 0.500 bits per heavy atom. The van der Waals surface area contributed by atoms with Crippen LogP contribution in [0.5, 0.6) is 0 Å². The molecule has 0 radical (unpaired) electrons. The Morgan fingerprint density at radius 2 is 0.806 bits per heavy atom. The minimum Gasteiger partial charge on any atom is -0.479 e. The van der Waals surface area contributed by atoms with Crippen molar-refractivity contribution in [3.05, 3.63) is 0 Å². The topological polar surface area (TPSA) is 63.6 Å². The minimum absolute atomic E-state index is 0.343. The number of carboxylic acids is 1. The van der Waals surface area contributed by atoms with Gasteiger partial charge in [-0.05, 0) is 19.3 Å². The number of hydrogen-bond donors (Lipinski definition) is 1. The molecule has 0 aliphatic rings. The van der Waals surface area contributed by atoms with Crippen LogP contribution < -0.4 is 0 Å². The molecule has 0 spiro atoms. The van der Waals surface area contributed by atoms with Gasteiger partial charge >= 0.3 is 11.9 Å². The van der Waals surface area contributed by atoms with E-state index in [1.807, 2.05) is 0 Å². The second-order valence-electron chi connectivity index (χ2n) is 11.0. The van der Waals surface area contributed by atoms with Crippen LogP contribution in [0.15, 0.2) is 0 Å². The average Bonchev–Trinajstić information content (AvgIpc) is 2.86. The van der Waals surface area contributed by atoms with Crippen LogP contribution in [0.4, 0.5) is 0 Å². The second kappa shape index (κ2) is 28.5. The molecule has 0 aliphatic carbocycles. The minimum atomic E-state index is -1.00. The summed E-state index contributed by atoms with van der Waals surface area (Å²) in [6.45, 7) is 4.51. The first kappa shape index (κ1) is 34.9. The van der Waals surface area contributed by atoms with E-state index in [1.54, 1.807) is 0 Å². The third-order valence-corrected chi connectivity index (χ3v) is 7.35. The van der Waals surface area contributed by atoms with Gasteiger partial charge in [-0.3, -0.25) is 4.79 Å². The zero-order valence-electron chi connectivity index (χ0n) is 24.3. The number of ether oxygens (including phenoxy) is 1. The van der Waals surface area contributed by atoms with Crippen LogP contribution in [0.2, 0.25) is 0 Å². The molecule has 1 unspecified atom stereocenters. The van der Waals surface area contributed by atoms with Crippen LogP contribution in [0.3, 0.4) is 0 Å². The van der Waals surface area contributed by atoms with Gasteiger partial charge in [0.15, 0.2) is 6.10 Å². The molecule has 0 saturated carbocycles. The van der Waals surface area contributed by atoms with Gasteiger partial charge in [-0.15, -0.1) is 0 Å². The Balaban J connectivity index is 3.56. The van der Waals surface area contributed by atoms with Gasteiger partial charge in [-0.2, -0.15) is 0 Å². The van der Waals surface area contributed by atoms with Gasteiger partial charge in [-0.25, -0.2) is 4.79 Å². The highest BCUT2D eigenvalue weighted by Crippen LogP contribution is 2.16. The molecule has 0 aliphatic heterocycles. The fourth-order valence-corrected chi connectivity index (χ4v) is 4.91. The van der Waals surface area contributed by atoms with Crippen LogP contribution >= 0.6 is 0 Å². The molecule has 0 amide bonds. The average molecular weight is 511 g/mol. The van der Waals surface area contributed by atoms with Gasteiger partial charge in [0.05, 0.1) is 0 Å². The molecule has 1 N–H and O–H groups in total. The normalized spacial score (nSPS) is 12.1. The molecule has 0 aromatic rings. The quantitative estimate of drug-likeness (QED) is 0.0802. The van der Waals surface area contributed by atoms with Crippen LogP contribution in [-0.4, -0.2) is 23.1 Å². The molecule has 0 heterocycles. The van der Waals surface area contributed by atoms with Crippen molar-refractivity contribution in [1.29, 1.82) is 0 Å². The first-order valence-corrected chi connectivity index (χ1v) is 16.0. The lowest BCUT2D eigenvalue weighted by molar-refractivity contribution is -0.164. The predicted molar refractivity (Wildman–Crippen MR) is 154 cm³/mol. The first-order chi connectivity index (χ1) is 17.6. The zero-order chi connectivity index (χ0) is 26.5. The molecule has 214 valence electrons. The van der Waals surface area contributed by atoms with Crippen molar-refractivity contribution in [3.63, 3.8) is 0 Å². The number of carboxylic acid groups (broad SMARTS) is 1. The van der Waals surface area contributed by atoms with Crippen molar-refractivity contribution in [1.82, 2.24) is 0 Å². The zero-order valence-corrected chi connectivity index (χ0v) is 24.3. The van der Waals surface area contributed by atoms with Crippen molar-refractivity contribution >= 4 is 11.9 Å². The van der Waals surface area contributed by atoms with Crippen molar-refractivity contribution in [2.75, 3.05) is 0 Å². The molecule has 1 atom stereocenters. The summed E-state index contributed by atoms with van der Waals surface area (Å²) in [5.74, 6) is -1.35. The number of esters is 1. The molecule has 0 fully saturated rings. The largest absolute Gasteiger partial charge is 0.479 e. The van der Waals surface area contributed by atoms with Crippen LogP contribution in [0.1, 0.15) is 187 Å². The summed E-state index contributed by atoms with van der Waals surface area (Å²) in [6.07, 6.45) is 31.2. The Labute approximate surface area is 224 Å². The van der Waals surface area contributed by atoms with Gasteiger partial charge in [0.2, 0.25) is 0 Å². The van der Waals surface area contributed by atoms with E-state index < -0.39 is 12.1 Å². The lowest BCUT2D eigenvalue weighted by Crippen LogP contribution is -2.27. The number of carbonyl (C=O) groups excluding carboxylic acids is 1. The summed E-state index contributed by atoms with van der Waals surface area (Å²) in [6, 6.07) is 0. The van der Waals surface area contributed by atoms with Crippen molar-refractivity contribution in [3.8, 4) is 0 Å². The maximum absolute atomic E-state index is 12.1. The molecule has 0 saturated heterocycles. The second-order valence-corrected chi connectivity index (χ2v) is 11.0. The molecule has 0 bridgehead atoms. The monoisotopic (exact) mass is 510 g/mol. The fraction of sp³-hybridized carbons (Fsp3) is 0.938. The summed E-state index contributed by atoms with van der Waals surface area (Å²) < 4.78 is 5.28. The molecule has 4 nitrogen and oxygen atoms in total. The SMILES string of the molecule is CCCCCCCCCCCCCCCC(OC(=O)CCCCCCCCCCCCCC)C(=O)O.